The van der Waals surface area contributed by atoms with Gasteiger partial charge < -0.3 is 31.9 Å². The van der Waals surface area contributed by atoms with Crippen LogP contribution in [0.4, 0.5) is 11.4 Å². The van der Waals surface area contributed by atoms with Gasteiger partial charge in [-0.15, -0.1) is 0 Å². The van der Waals surface area contributed by atoms with E-state index in [1.807, 2.05) is 0 Å². The second kappa shape index (κ2) is 7.10. The van der Waals surface area contributed by atoms with E-state index < -0.39 is 45.8 Å². The van der Waals surface area contributed by atoms with Crippen molar-refractivity contribution in [2.75, 3.05) is 11.5 Å². The van der Waals surface area contributed by atoms with Crippen LogP contribution in [0.5, 0.6) is 0 Å². The lowest BCUT2D eigenvalue weighted by Crippen LogP contribution is -2.71. The summed E-state index contributed by atoms with van der Waals surface area (Å²) in [5.74, 6) is -8.28. The minimum Gasteiger partial charge on any atom is -0.479 e. The number of ketones is 2. The Kier molecular flexibility index (Phi) is 5.21. The van der Waals surface area contributed by atoms with Gasteiger partial charge in [-0.2, -0.15) is 0 Å². The zero-order valence-electron chi connectivity index (χ0n) is 14.2. The largest absolute Gasteiger partial charge is 0.479 e. The molecule has 10 nitrogen and oxygen atoms in total. The lowest BCUT2D eigenvalue weighted by atomic mass is 9.73. The smallest absolute Gasteiger partial charge is 0.348 e. The molecule has 8 N–H and O–H groups in total. The fourth-order valence-electron chi connectivity index (χ4n) is 2.52. The number of carbonyl (C=O) groups is 4. The molecule has 0 aliphatic rings. The summed E-state index contributed by atoms with van der Waals surface area (Å²) in [7, 11) is 0. The average molecular weight is 388 g/mol. The van der Waals surface area contributed by atoms with Crippen molar-refractivity contribution < 1.29 is 39.6 Å². The van der Waals surface area contributed by atoms with Crippen LogP contribution in [0.1, 0.15) is 20.7 Å². The summed E-state index contributed by atoms with van der Waals surface area (Å²) in [6, 6.07) is 8.83. The number of benzene rings is 2. The van der Waals surface area contributed by atoms with Gasteiger partial charge in [-0.1, -0.05) is 0 Å². The van der Waals surface area contributed by atoms with E-state index in [1.54, 1.807) is 0 Å². The fourth-order valence-corrected chi connectivity index (χ4v) is 2.52. The van der Waals surface area contributed by atoms with E-state index in [-0.39, 0.29) is 11.4 Å². The minimum atomic E-state index is -4.03. The quantitative estimate of drug-likeness (QED) is 0.205. The summed E-state index contributed by atoms with van der Waals surface area (Å²) in [6.45, 7) is 0. The molecule has 2 aromatic rings. The third-order valence-electron chi connectivity index (χ3n) is 4.15. The van der Waals surface area contributed by atoms with Gasteiger partial charge in [-0.05, 0) is 48.5 Å². The molecule has 10 heteroatoms. The van der Waals surface area contributed by atoms with Gasteiger partial charge in [0, 0.05) is 22.5 Å². The molecule has 0 aliphatic heterocycles. The zero-order chi connectivity index (χ0) is 21.3. The Hall–Kier alpha value is -3.76. The molecule has 0 saturated heterocycles. The number of hydrogen-bond acceptors (Lipinski definition) is 8. The number of nitrogens with two attached hydrogens (primary N) is 2. The molecule has 0 aliphatic carbocycles. The number of aliphatic hydroxyl groups is 2. The van der Waals surface area contributed by atoms with E-state index in [1.165, 1.54) is 24.3 Å². The van der Waals surface area contributed by atoms with Crippen LogP contribution >= 0.6 is 0 Å². The highest BCUT2D eigenvalue weighted by atomic mass is 16.5. The summed E-state index contributed by atoms with van der Waals surface area (Å²) in [5.41, 5.74) is 2.30. The zero-order valence-corrected chi connectivity index (χ0v) is 14.2. The van der Waals surface area contributed by atoms with Gasteiger partial charge in [0.05, 0.1) is 0 Å². The third-order valence-corrected chi connectivity index (χ3v) is 4.15. The van der Waals surface area contributed by atoms with E-state index in [4.69, 9.17) is 11.5 Å². The Morgan fingerprint density at radius 2 is 0.857 bits per heavy atom. The fraction of sp³-hybridized carbons (Fsp3) is 0.111. The molecule has 0 aromatic heterocycles. The van der Waals surface area contributed by atoms with Crippen LogP contribution in [0.25, 0.3) is 0 Å². The Labute approximate surface area is 157 Å². The van der Waals surface area contributed by atoms with Crippen LogP contribution in [-0.2, 0) is 9.59 Å². The van der Waals surface area contributed by atoms with Crippen molar-refractivity contribution in [3.63, 3.8) is 0 Å². The molecule has 0 saturated carbocycles. The van der Waals surface area contributed by atoms with Crippen molar-refractivity contribution >= 4 is 34.9 Å². The molecule has 2 unspecified atom stereocenters. The van der Waals surface area contributed by atoms with Crippen molar-refractivity contribution in [1.29, 1.82) is 0 Å². The SMILES string of the molecule is Nc1ccc(C(=O)C(O)(C(=O)O)C(O)(C(=O)O)C(=O)c2ccc(N)cc2)cc1. The van der Waals surface area contributed by atoms with Gasteiger partial charge in [0.1, 0.15) is 0 Å². The normalized spacial score (nSPS) is 15.1. The van der Waals surface area contributed by atoms with Crippen LogP contribution in [-0.4, -0.2) is 55.1 Å². The molecule has 2 atom stereocenters. The molecule has 0 heterocycles. The van der Waals surface area contributed by atoms with Gasteiger partial charge in [-0.25, -0.2) is 9.59 Å². The lowest BCUT2D eigenvalue weighted by molar-refractivity contribution is -0.187. The molecule has 2 aromatic carbocycles. The van der Waals surface area contributed by atoms with Gasteiger partial charge in [0.2, 0.25) is 11.6 Å². The number of carboxylic acids is 2. The molecule has 0 amide bonds. The monoisotopic (exact) mass is 388 g/mol. The standard InChI is InChI=1S/C18H16N2O8/c19-11-5-1-9(2-6-11)13(21)17(27,15(23)24)18(28,16(25)26)14(22)10-3-7-12(20)8-4-10/h1-8,27-28H,19-20H2,(H,23,24)(H,25,26). The first-order chi connectivity index (χ1) is 13.0. The Balaban J connectivity index is 2.69. The number of Topliss-reactive ketones (excluding diaryl/α,β-unsaturated/α-hetero) is 2. The molecule has 0 radical (unpaired) electrons. The van der Waals surface area contributed by atoms with Crippen LogP contribution in [0.3, 0.4) is 0 Å². The van der Waals surface area contributed by atoms with Crippen LogP contribution in [0, 0.1) is 0 Å². The first-order valence-electron chi connectivity index (χ1n) is 7.68. The molecular weight excluding hydrogens is 372 g/mol. The topological polar surface area (TPSA) is 201 Å². The molecule has 0 spiro atoms. The minimum absolute atomic E-state index is 0.196. The number of anilines is 2. The summed E-state index contributed by atoms with van der Waals surface area (Å²) < 4.78 is 0. The van der Waals surface area contributed by atoms with Crippen LogP contribution in [0.15, 0.2) is 48.5 Å². The number of carbonyl (C=O) groups excluding carboxylic acids is 2. The Bertz CT molecular complexity index is 875. The van der Waals surface area contributed by atoms with Gasteiger partial charge in [0.15, 0.2) is 0 Å². The average Bonchev–Trinajstić information content (AvgIpc) is 2.66. The number of hydrogen-bond donors (Lipinski definition) is 6. The van der Waals surface area contributed by atoms with Crippen molar-refractivity contribution in [2.45, 2.75) is 11.2 Å². The van der Waals surface area contributed by atoms with E-state index >= 15 is 0 Å². The maximum atomic E-state index is 12.7. The second-order valence-electron chi connectivity index (χ2n) is 5.93. The lowest BCUT2D eigenvalue weighted by Gasteiger charge is -2.34. The third kappa shape index (κ3) is 3.06. The molecule has 146 valence electrons. The molecule has 28 heavy (non-hydrogen) atoms. The number of carboxylic acid groups (broad SMARTS) is 2. The van der Waals surface area contributed by atoms with Crippen molar-refractivity contribution in [1.82, 2.24) is 0 Å². The Morgan fingerprint density at radius 3 is 1.07 bits per heavy atom. The van der Waals surface area contributed by atoms with Gasteiger partial charge >= 0.3 is 11.9 Å². The van der Waals surface area contributed by atoms with E-state index in [0.717, 1.165) is 24.3 Å². The van der Waals surface area contributed by atoms with Crippen molar-refractivity contribution in [3.8, 4) is 0 Å². The Morgan fingerprint density at radius 1 is 0.607 bits per heavy atom. The highest BCUT2D eigenvalue weighted by molar-refractivity contribution is 6.28. The molecule has 0 bridgehead atoms. The van der Waals surface area contributed by atoms with Gasteiger partial charge in [0.25, 0.3) is 11.2 Å². The number of rotatable bonds is 7. The van der Waals surface area contributed by atoms with Crippen molar-refractivity contribution in [2.24, 2.45) is 0 Å². The summed E-state index contributed by atoms with van der Waals surface area (Å²) in [4.78, 5) is 48.9. The highest BCUT2D eigenvalue weighted by Gasteiger charge is 2.69. The summed E-state index contributed by atoms with van der Waals surface area (Å²) >= 11 is 0. The second-order valence-corrected chi connectivity index (χ2v) is 5.93. The predicted octanol–water partition coefficient (Wildman–Crippen LogP) is -0.452. The van der Waals surface area contributed by atoms with E-state index in [0.29, 0.717) is 0 Å². The summed E-state index contributed by atoms with van der Waals surface area (Å²) in [5, 5.41) is 40.1. The predicted molar refractivity (Wildman–Crippen MR) is 95.5 cm³/mol. The molecule has 2 rings (SSSR count). The van der Waals surface area contributed by atoms with Crippen LogP contribution in [0.2, 0.25) is 0 Å². The van der Waals surface area contributed by atoms with Crippen LogP contribution < -0.4 is 11.5 Å². The number of nitrogen functional groups attached to an aromatic ring is 2. The maximum Gasteiger partial charge on any atom is 0.348 e. The molecule has 0 fully saturated rings. The maximum absolute atomic E-state index is 12.7. The first kappa shape index (κ1) is 20.6. The number of aliphatic carboxylic acids is 2. The van der Waals surface area contributed by atoms with E-state index in [9.17, 15) is 39.6 Å². The van der Waals surface area contributed by atoms with E-state index in [2.05, 4.69) is 0 Å². The first-order valence-corrected chi connectivity index (χ1v) is 7.68. The van der Waals surface area contributed by atoms with Crippen molar-refractivity contribution in [3.05, 3.63) is 59.7 Å². The van der Waals surface area contributed by atoms with Gasteiger partial charge in [-0.3, -0.25) is 9.59 Å². The highest BCUT2D eigenvalue weighted by Crippen LogP contribution is 2.32. The summed E-state index contributed by atoms with van der Waals surface area (Å²) in [6.07, 6.45) is 0. The molecular formula is C18H16N2O8.